The summed E-state index contributed by atoms with van der Waals surface area (Å²) in [7, 11) is 0. The van der Waals surface area contributed by atoms with Gasteiger partial charge in [-0.1, -0.05) is 60.7 Å². The van der Waals surface area contributed by atoms with Gasteiger partial charge in [0.05, 0.1) is 11.4 Å². The standard InChI is InChI=1S/C32H24N2O4/c33-27-17-15-21(19-29(27)37-23-9-3-1-4-10-23)31(35)25-13-7-8-14-26(25)32(36)22-16-18-28(34)30(20-22)38-24-11-5-2-6-12-24/h1-20H,33-34H2. The van der Waals surface area contributed by atoms with Gasteiger partial charge in [0.25, 0.3) is 0 Å². The Bertz CT molecular complexity index is 1490. The van der Waals surface area contributed by atoms with Crippen LogP contribution in [0.5, 0.6) is 23.0 Å². The van der Waals surface area contributed by atoms with Gasteiger partial charge in [0.15, 0.2) is 23.1 Å². The zero-order valence-corrected chi connectivity index (χ0v) is 20.3. The molecule has 5 aromatic rings. The second-order valence-electron chi connectivity index (χ2n) is 8.54. The molecular formula is C32H24N2O4. The highest BCUT2D eigenvalue weighted by Crippen LogP contribution is 2.32. The normalized spacial score (nSPS) is 10.5. The van der Waals surface area contributed by atoms with Crippen LogP contribution in [0.3, 0.4) is 0 Å². The summed E-state index contributed by atoms with van der Waals surface area (Å²) in [5.41, 5.74) is 14.2. The Balaban J connectivity index is 1.45. The van der Waals surface area contributed by atoms with E-state index in [1.165, 1.54) is 0 Å². The number of para-hydroxylation sites is 2. The first kappa shape index (κ1) is 24.3. The first-order valence-corrected chi connectivity index (χ1v) is 11.9. The summed E-state index contributed by atoms with van der Waals surface area (Å²) in [4.78, 5) is 27.2. The number of ether oxygens (including phenoxy) is 2. The summed E-state index contributed by atoms with van der Waals surface area (Å²) in [5, 5.41) is 0. The van der Waals surface area contributed by atoms with E-state index in [2.05, 4.69) is 0 Å². The smallest absolute Gasteiger partial charge is 0.193 e. The topological polar surface area (TPSA) is 105 Å². The molecule has 6 heteroatoms. The highest BCUT2D eigenvalue weighted by atomic mass is 16.5. The van der Waals surface area contributed by atoms with Crippen molar-refractivity contribution in [3.8, 4) is 23.0 Å². The quantitative estimate of drug-likeness (QED) is 0.177. The number of nitrogen functional groups attached to an aromatic ring is 2. The van der Waals surface area contributed by atoms with Crippen molar-refractivity contribution in [1.29, 1.82) is 0 Å². The summed E-state index contributed by atoms with van der Waals surface area (Å²) < 4.78 is 11.8. The molecule has 0 saturated heterocycles. The van der Waals surface area contributed by atoms with Crippen molar-refractivity contribution in [2.45, 2.75) is 0 Å². The SMILES string of the molecule is Nc1ccc(C(=O)c2ccccc2C(=O)c2ccc(N)c(Oc3ccccc3)c2)cc1Oc1ccccc1. The molecule has 0 unspecified atom stereocenters. The van der Waals surface area contributed by atoms with Crippen molar-refractivity contribution in [1.82, 2.24) is 0 Å². The monoisotopic (exact) mass is 500 g/mol. The van der Waals surface area contributed by atoms with Crippen LogP contribution in [0.2, 0.25) is 0 Å². The van der Waals surface area contributed by atoms with Gasteiger partial charge < -0.3 is 20.9 Å². The summed E-state index contributed by atoms with van der Waals surface area (Å²) in [5.74, 6) is 1.23. The second-order valence-corrected chi connectivity index (χ2v) is 8.54. The van der Waals surface area contributed by atoms with E-state index in [-0.39, 0.29) is 22.7 Å². The van der Waals surface area contributed by atoms with Crippen LogP contribution in [-0.4, -0.2) is 11.6 Å². The van der Waals surface area contributed by atoms with Crippen LogP contribution in [0.4, 0.5) is 11.4 Å². The van der Waals surface area contributed by atoms with E-state index >= 15 is 0 Å². The molecule has 4 N–H and O–H groups in total. The molecular weight excluding hydrogens is 476 g/mol. The lowest BCUT2D eigenvalue weighted by molar-refractivity contribution is 0.100. The highest BCUT2D eigenvalue weighted by molar-refractivity contribution is 6.20. The second kappa shape index (κ2) is 10.7. The Morgan fingerprint density at radius 3 is 1.24 bits per heavy atom. The van der Waals surface area contributed by atoms with Crippen LogP contribution in [0.1, 0.15) is 31.8 Å². The molecule has 0 spiro atoms. The van der Waals surface area contributed by atoms with Crippen LogP contribution >= 0.6 is 0 Å². The molecule has 38 heavy (non-hydrogen) atoms. The van der Waals surface area contributed by atoms with Crippen molar-refractivity contribution in [3.63, 3.8) is 0 Å². The van der Waals surface area contributed by atoms with Gasteiger partial charge in [-0.15, -0.1) is 0 Å². The van der Waals surface area contributed by atoms with Gasteiger partial charge in [0, 0.05) is 22.3 Å². The zero-order valence-electron chi connectivity index (χ0n) is 20.3. The van der Waals surface area contributed by atoms with Crippen molar-refractivity contribution in [2.24, 2.45) is 0 Å². The van der Waals surface area contributed by atoms with Crippen molar-refractivity contribution < 1.29 is 19.1 Å². The van der Waals surface area contributed by atoms with Gasteiger partial charge in [0.2, 0.25) is 0 Å². The van der Waals surface area contributed by atoms with Gasteiger partial charge >= 0.3 is 0 Å². The maximum absolute atomic E-state index is 13.6. The summed E-state index contributed by atoms with van der Waals surface area (Å²) >= 11 is 0. The minimum absolute atomic E-state index is 0.260. The summed E-state index contributed by atoms with van der Waals surface area (Å²) in [6, 6.07) is 34.6. The average molecular weight is 501 g/mol. The lowest BCUT2D eigenvalue weighted by atomic mass is 9.93. The maximum Gasteiger partial charge on any atom is 0.193 e. The molecule has 5 aromatic carbocycles. The third-order valence-corrected chi connectivity index (χ3v) is 5.91. The number of ketones is 2. The number of nitrogens with two attached hydrogens (primary N) is 2. The molecule has 0 atom stereocenters. The van der Waals surface area contributed by atoms with Gasteiger partial charge in [-0.3, -0.25) is 9.59 Å². The van der Waals surface area contributed by atoms with Crippen molar-refractivity contribution >= 4 is 22.9 Å². The number of hydrogen-bond acceptors (Lipinski definition) is 6. The van der Waals surface area contributed by atoms with E-state index in [1.807, 2.05) is 36.4 Å². The van der Waals surface area contributed by atoms with Gasteiger partial charge in [-0.25, -0.2) is 0 Å². The van der Waals surface area contributed by atoms with Crippen LogP contribution in [-0.2, 0) is 0 Å². The maximum atomic E-state index is 13.6. The Labute approximate surface area is 220 Å². The number of anilines is 2. The molecule has 0 fully saturated rings. The van der Waals surface area contributed by atoms with Crippen LogP contribution in [0, 0.1) is 0 Å². The number of carbonyl (C=O) groups excluding carboxylic acids is 2. The average Bonchev–Trinajstić information content (AvgIpc) is 2.96. The molecule has 0 aliphatic heterocycles. The minimum Gasteiger partial charge on any atom is -0.455 e. The van der Waals surface area contributed by atoms with Crippen LogP contribution in [0.25, 0.3) is 0 Å². The molecule has 0 aliphatic rings. The number of benzene rings is 5. The molecule has 0 aromatic heterocycles. The number of hydrogen-bond donors (Lipinski definition) is 2. The molecule has 6 nitrogen and oxygen atoms in total. The molecule has 0 saturated carbocycles. The third kappa shape index (κ3) is 5.24. The Morgan fingerprint density at radius 1 is 0.474 bits per heavy atom. The third-order valence-electron chi connectivity index (χ3n) is 5.91. The molecule has 5 rings (SSSR count). The highest BCUT2D eigenvalue weighted by Gasteiger charge is 2.21. The predicted molar refractivity (Wildman–Crippen MR) is 148 cm³/mol. The van der Waals surface area contributed by atoms with E-state index in [0.29, 0.717) is 45.5 Å². The van der Waals surface area contributed by atoms with E-state index in [0.717, 1.165) is 0 Å². The Kier molecular flexibility index (Phi) is 6.87. The van der Waals surface area contributed by atoms with E-state index in [4.69, 9.17) is 20.9 Å². The first-order valence-electron chi connectivity index (χ1n) is 11.9. The molecule has 0 heterocycles. The largest absolute Gasteiger partial charge is 0.455 e. The summed E-state index contributed by atoms with van der Waals surface area (Å²) in [6.45, 7) is 0. The molecule has 0 bridgehead atoms. The minimum atomic E-state index is -0.330. The zero-order chi connectivity index (χ0) is 26.5. The Hall–Kier alpha value is -5.36. The van der Waals surface area contributed by atoms with Gasteiger partial charge in [0.1, 0.15) is 11.5 Å². The fourth-order valence-corrected chi connectivity index (χ4v) is 3.95. The fraction of sp³-hybridized carbons (Fsp3) is 0. The van der Waals surface area contributed by atoms with Crippen LogP contribution < -0.4 is 20.9 Å². The molecule has 0 radical (unpaired) electrons. The molecule has 186 valence electrons. The van der Waals surface area contributed by atoms with Gasteiger partial charge in [-0.05, 0) is 60.7 Å². The van der Waals surface area contributed by atoms with E-state index in [9.17, 15) is 9.59 Å². The van der Waals surface area contributed by atoms with E-state index < -0.39 is 0 Å². The lowest BCUT2D eigenvalue weighted by Crippen LogP contribution is -2.11. The van der Waals surface area contributed by atoms with Crippen LogP contribution in [0.15, 0.2) is 121 Å². The number of rotatable bonds is 8. The lowest BCUT2D eigenvalue weighted by Gasteiger charge is -2.13. The molecule has 0 aliphatic carbocycles. The van der Waals surface area contributed by atoms with E-state index in [1.54, 1.807) is 84.9 Å². The van der Waals surface area contributed by atoms with Gasteiger partial charge in [-0.2, -0.15) is 0 Å². The fourth-order valence-electron chi connectivity index (χ4n) is 3.95. The Morgan fingerprint density at radius 2 is 0.842 bits per heavy atom. The first-order chi connectivity index (χ1) is 18.5. The van der Waals surface area contributed by atoms with Crippen molar-refractivity contribution in [2.75, 3.05) is 11.5 Å². The predicted octanol–water partition coefficient (Wildman–Crippen LogP) is 6.90. The molecule has 0 amide bonds. The number of carbonyl (C=O) groups is 2. The summed E-state index contributed by atoms with van der Waals surface area (Å²) in [6.07, 6.45) is 0. The van der Waals surface area contributed by atoms with Crippen molar-refractivity contribution in [3.05, 3.63) is 144 Å².